The van der Waals surface area contributed by atoms with Crippen LogP contribution in [-0.4, -0.2) is 36.4 Å². The van der Waals surface area contributed by atoms with Crippen molar-refractivity contribution in [3.63, 3.8) is 0 Å². The van der Waals surface area contributed by atoms with E-state index in [1.165, 1.54) is 31.4 Å². The Labute approximate surface area is 236 Å². The summed E-state index contributed by atoms with van der Waals surface area (Å²) in [6.07, 6.45) is -4.84. The molecule has 0 aromatic heterocycles. The largest absolute Gasteiger partial charge is 0.496 e. The fraction of sp³-hybridized carbons (Fsp3) is 0.222. The van der Waals surface area contributed by atoms with Gasteiger partial charge in [0, 0.05) is 23.1 Å². The summed E-state index contributed by atoms with van der Waals surface area (Å²) in [6.45, 7) is 0.242. The molecule has 1 atom stereocenters. The van der Waals surface area contributed by atoms with Crippen molar-refractivity contribution in [3.8, 4) is 5.75 Å². The van der Waals surface area contributed by atoms with Gasteiger partial charge in [-0.2, -0.15) is 13.2 Å². The number of alkyl halides is 3. The Hall–Kier alpha value is -3.41. The molecule has 0 spiro atoms. The van der Waals surface area contributed by atoms with Crippen molar-refractivity contribution in [1.29, 1.82) is 0 Å². The monoisotopic (exact) mass is 625 g/mol. The molecule has 0 saturated carbocycles. The predicted molar refractivity (Wildman–Crippen MR) is 145 cm³/mol. The van der Waals surface area contributed by atoms with Crippen LogP contribution in [0.15, 0.2) is 65.1 Å². The second-order valence-corrected chi connectivity index (χ2v) is 10.1. The molecular formula is C27H24BrClF3N3O4. The van der Waals surface area contributed by atoms with Crippen molar-refractivity contribution in [3.05, 3.63) is 92.4 Å². The third kappa shape index (κ3) is 7.37. The maximum Gasteiger partial charge on any atom is 0.415 e. The highest BCUT2D eigenvalue weighted by molar-refractivity contribution is 9.10. The number of anilines is 1. The summed E-state index contributed by atoms with van der Waals surface area (Å²) in [7, 11) is 1.43. The molecule has 3 aromatic carbocycles. The molecule has 206 valence electrons. The lowest BCUT2D eigenvalue weighted by atomic mass is 10.0. The Morgan fingerprint density at radius 1 is 0.974 bits per heavy atom. The summed E-state index contributed by atoms with van der Waals surface area (Å²) in [5.41, 5.74) is 3.72. The number of carbonyl (C=O) groups is 3. The minimum absolute atomic E-state index is 0.00769. The van der Waals surface area contributed by atoms with Crippen LogP contribution in [0.5, 0.6) is 5.75 Å². The Morgan fingerprint density at radius 3 is 2.23 bits per heavy atom. The molecule has 39 heavy (non-hydrogen) atoms. The third-order valence-corrected chi connectivity index (χ3v) is 6.68. The molecule has 1 unspecified atom stereocenters. The number of benzene rings is 3. The summed E-state index contributed by atoms with van der Waals surface area (Å²) < 4.78 is 45.2. The van der Waals surface area contributed by atoms with E-state index in [1.54, 1.807) is 12.1 Å². The second-order valence-electron chi connectivity index (χ2n) is 8.79. The van der Waals surface area contributed by atoms with Gasteiger partial charge in [0.2, 0.25) is 5.91 Å². The summed E-state index contributed by atoms with van der Waals surface area (Å²) in [6, 6.07) is 16.0. The van der Waals surface area contributed by atoms with Crippen LogP contribution in [0.3, 0.4) is 0 Å². The van der Waals surface area contributed by atoms with Crippen molar-refractivity contribution in [1.82, 2.24) is 5.32 Å². The van der Waals surface area contributed by atoms with E-state index in [0.717, 1.165) is 10.0 Å². The van der Waals surface area contributed by atoms with Crippen LogP contribution in [0.2, 0.25) is 5.02 Å². The molecule has 3 aromatic rings. The van der Waals surface area contributed by atoms with E-state index in [2.05, 4.69) is 26.6 Å². The topological polar surface area (TPSA) is 111 Å². The quantitative estimate of drug-likeness (QED) is 0.265. The zero-order valence-electron chi connectivity index (χ0n) is 20.8. The van der Waals surface area contributed by atoms with Gasteiger partial charge in [0.15, 0.2) is 11.3 Å². The van der Waals surface area contributed by atoms with Crippen LogP contribution in [0.4, 0.5) is 18.9 Å². The Morgan fingerprint density at radius 2 is 1.62 bits per heavy atom. The third-order valence-electron chi connectivity index (χ3n) is 5.82. The summed E-state index contributed by atoms with van der Waals surface area (Å²) in [5.74, 6) is -1.96. The number of rotatable bonds is 9. The maximum atomic E-state index is 13.0. The van der Waals surface area contributed by atoms with Crippen LogP contribution in [0.1, 0.15) is 38.8 Å². The van der Waals surface area contributed by atoms with Gasteiger partial charge in [0.25, 0.3) is 5.91 Å². The average molecular weight is 627 g/mol. The first-order valence-electron chi connectivity index (χ1n) is 11.4. The average Bonchev–Trinajstić information content (AvgIpc) is 2.88. The number of halogens is 5. The van der Waals surface area contributed by atoms with Gasteiger partial charge >= 0.3 is 6.18 Å². The summed E-state index contributed by atoms with van der Waals surface area (Å²) in [5, 5.41) is 4.85. The second kappa shape index (κ2) is 12.2. The fourth-order valence-electron chi connectivity index (χ4n) is 3.44. The summed E-state index contributed by atoms with van der Waals surface area (Å²) >= 11 is 9.54. The van der Waals surface area contributed by atoms with E-state index in [4.69, 9.17) is 22.1 Å². The highest BCUT2D eigenvalue weighted by Gasteiger charge is 2.53. The number of Topliss-reactive ketones (excluding diaryl/α,β-unsaturated/α-hetero) is 1. The number of nitrogens with two attached hydrogens (primary N) is 1. The van der Waals surface area contributed by atoms with E-state index >= 15 is 0 Å². The van der Waals surface area contributed by atoms with Gasteiger partial charge in [-0.1, -0.05) is 45.7 Å². The molecule has 0 bridgehead atoms. The molecule has 3 rings (SSSR count). The summed E-state index contributed by atoms with van der Waals surface area (Å²) in [4.78, 5) is 38.0. The molecule has 0 aliphatic rings. The van der Waals surface area contributed by atoms with Crippen LogP contribution in [-0.2, 0) is 17.8 Å². The number of ketones is 1. The number of hydrogen-bond acceptors (Lipinski definition) is 5. The predicted octanol–water partition coefficient (Wildman–Crippen LogP) is 5.68. The lowest BCUT2D eigenvalue weighted by molar-refractivity contribution is -0.187. The van der Waals surface area contributed by atoms with Crippen LogP contribution < -0.4 is 21.1 Å². The maximum absolute atomic E-state index is 13.0. The SMILES string of the molecule is COc1ccc(NC(=O)c2cc(CNC(=O)C(C)(N)C(F)(F)F)ccc2Cl)cc1C(=O)Cc1ccc(Br)cc1. The number of amides is 2. The molecule has 0 aliphatic heterocycles. The minimum atomic E-state index is -4.95. The fourth-order valence-corrected chi connectivity index (χ4v) is 3.90. The van der Waals surface area contributed by atoms with E-state index in [9.17, 15) is 27.6 Å². The van der Waals surface area contributed by atoms with E-state index in [-0.39, 0.29) is 34.9 Å². The molecule has 2 amide bonds. The number of ether oxygens (including phenoxy) is 1. The molecular weight excluding hydrogens is 603 g/mol. The van der Waals surface area contributed by atoms with Gasteiger partial charge in [-0.3, -0.25) is 14.4 Å². The van der Waals surface area contributed by atoms with Gasteiger partial charge in [-0.25, -0.2) is 0 Å². The molecule has 0 radical (unpaired) electrons. The van der Waals surface area contributed by atoms with Crippen LogP contribution in [0.25, 0.3) is 0 Å². The Bertz CT molecular complexity index is 1400. The molecule has 0 saturated heterocycles. The minimum Gasteiger partial charge on any atom is -0.496 e. The first kappa shape index (κ1) is 30.1. The van der Waals surface area contributed by atoms with Crippen molar-refractivity contribution >= 4 is 50.8 Å². The highest BCUT2D eigenvalue weighted by atomic mass is 79.9. The highest BCUT2D eigenvalue weighted by Crippen LogP contribution is 2.29. The molecule has 12 heteroatoms. The Balaban J connectivity index is 1.76. The van der Waals surface area contributed by atoms with Gasteiger partial charge in [-0.05, 0) is 60.5 Å². The van der Waals surface area contributed by atoms with E-state index < -0.39 is 23.5 Å². The number of methoxy groups -OCH3 is 1. The van der Waals surface area contributed by atoms with Crippen molar-refractivity contribution in [2.75, 3.05) is 12.4 Å². The number of carbonyl (C=O) groups excluding carboxylic acids is 3. The lowest BCUT2D eigenvalue weighted by Gasteiger charge is -2.26. The van der Waals surface area contributed by atoms with E-state index in [0.29, 0.717) is 23.9 Å². The zero-order valence-corrected chi connectivity index (χ0v) is 23.1. The lowest BCUT2D eigenvalue weighted by Crippen LogP contribution is -2.61. The smallest absolute Gasteiger partial charge is 0.415 e. The van der Waals surface area contributed by atoms with Crippen LogP contribution in [0, 0.1) is 0 Å². The molecule has 4 N–H and O–H groups in total. The molecule has 0 fully saturated rings. The molecule has 7 nitrogen and oxygen atoms in total. The molecule has 0 aliphatic carbocycles. The van der Waals surface area contributed by atoms with E-state index in [1.807, 2.05) is 24.3 Å². The molecule has 0 heterocycles. The van der Waals surface area contributed by atoms with Gasteiger partial charge in [-0.15, -0.1) is 0 Å². The van der Waals surface area contributed by atoms with Crippen molar-refractivity contribution in [2.45, 2.75) is 31.6 Å². The van der Waals surface area contributed by atoms with Crippen molar-refractivity contribution in [2.24, 2.45) is 5.73 Å². The normalized spacial score (nSPS) is 12.8. The first-order valence-corrected chi connectivity index (χ1v) is 12.6. The van der Waals surface area contributed by atoms with Gasteiger partial charge in [0.1, 0.15) is 5.75 Å². The van der Waals surface area contributed by atoms with Crippen molar-refractivity contribution < 1.29 is 32.3 Å². The standard InChI is InChI=1S/C27H24BrClF3N3O4/c1-26(33,27(30,31)32)25(38)34-14-16-5-9-21(29)19(11-16)24(37)35-18-8-10-23(39-2)20(13-18)22(36)12-15-3-6-17(28)7-4-15/h3-11,13H,12,14,33H2,1-2H3,(H,34,38)(H,35,37). The first-order chi connectivity index (χ1) is 18.2. The van der Waals surface area contributed by atoms with Gasteiger partial charge in [0.05, 0.1) is 23.3 Å². The van der Waals surface area contributed by atoms with Gasteiger partial charge < -0.3 is 21.1 Å². The Kier molecular flexibility index (Phi) is 9.42. The zero-order chi connectivity index (χ0) is 29.0. The van der Waals surface area contributed by atoms with Crippen LogP contribution >= 0.6 is 27.5 Å². The number of nitrogens with one attached hydrogen (secondary N) is 2. The number of hydrogen-bond donors (Lipinski definition) is 3.